The minimum absolute atomic E-state index is 0.0533. The highest BCUT2D eigenvalue weighted by Crippen LogP contribution is 2.44. The van der Waals surface area contributed by atoms with Crippen LogP contribution in [0.3, 0.4) is 0 Å². The number of cyclic esters (lactones) is 1. The van der Waals surface area contributed by atoms with Crippen LogP contribution in [0.15, 0.2) is 24.3 Å². The fourth-order valence-electron chi connectivity index (χ4n) is 5.77. The topological polar surface area (TPSA) is 73.4 Å². The zero-order valence-electron chi connectivity index (χ0n) is 22.7. The third-order valence-corrected chi connectivity index (χ3v) is 8.31. The summed E-state index contributed by atoms with van der Waals surface area (Å²) >= 11 is 6.15. The maximum Gasteiger partial charge on any atom is 0.312 e. The molecule has 1 aromatic carbocycles. The lowest BCUT2D eigenvalue weighted by atomic mass is 9.75. The van der Waals surface area contributed by atoms with Gasteiger partial charge in [-0.05, 0) is 37.5 Å². The predicted molar refractivity (Wildman–Crippen MR) is 145 cm³/mol. The van der Waals surface area contributed by atoms with Crippen LogP contribution in [0.1, 0.15) is 46.5 Å². The Balaban J connectivity index is 1.20. The first-order chi connectivity index (χ1) is 17.5. The lowest BCUT2D eigenvalue weighted by molar-refractivity contribution is -0.153. The van der Waals surface area contributed by atoms with Gasteiger partial charge in [-0.1, -0.05) is 38.4 Å². The molecule has 8 nitrogen and oxygen atoms in total. The smallest absolute Gasteiger partial charge is 0.312 e. The van der Waals surface area contributed by atoms with Gasteiger partial charge in [-0.3, -0.25) is 19.3 Å². The monoisotopic (exact) mass is 532 g/mol. The van der Waals surface area contributed by atoms with E-state index in [1.807, 2.05) is 39.0 Å². The van der Waals surface area contributed by atoms with Gasteiger partial charge in [0.25, 0.3) is 0 Å². The Hall–Kier alpha value is -2.32. The van der Waals surface area contributed by atoms with Gasteiger partial charge in [0.05, 0.1) is 12.0 Å². The normalized spacial score (nSPS) is 22.3. The summed E-state index contributed by atoms with van der Waals surface area (Å²) in [6.07, 6.45) is 2.77. The van der Waals surface area contributed by atoms with E-state index in [1.54, 1.807) is 11.9 Å². The van der Waals surface area contributed by atoms with Crippen LogP contribution in [0.25, 0.3) is 0 Å². The number of likely N-dealkylation sites (tertiary alicyclic amines) is 1. The zero-order valence-corrected chi connectivity index (χ0v) is 23.4. The van der Waals surface area contributed by atoms with Crippen molar-refractivity contribution in [2.45, 2.75) is 52.6 Å². The molecule has 3 heterocycles. The van der Waals surface area contributed by atoms with Gasteiger partial charge in [0.1, 0.15) is 6.10 Å². The maximum absolute atomic E-state index is 12.9. The molecule has 3 fully saturated rings. The Morgan fingerprint density at radius 2 is 1.78 bits per heavy atom. The molecule has 0 aromatic heterocycles. The molecule has 0 unspecified atom stereocenters. The molecule has 0 aliphatic carbocycles. The third-order valence-electron chi connectivity index (χ3n) is 8.07. The first-order valence-electron chi connectivity index (χ1n) is 13.4. The van der Waals surface area contributed by atoms with Crippen LogP contribution in [0.2, 0.25) is 5.02 Å². The van der Waals surface area contributed by atoms with Crippen molar-refractivity contribution in [3.05, 3.63) is 29.3 Å². The molecule has 3 aliphatic heterocycles. The van der Waals surface area contributed by atoms with E-state index in [0.717, 1.165) is 56.3 Å². The first kappa shape index (κ1) is 27.7. The standard InChI is InChI=1S/C28H41ClN4O4/c1-27(2,3)25(35)30(4)20-24(34)33-12-9-28(10-13-33)19-23(37-26(28)36)8-11-31-14-16-32(17-15-31)22-7-5-6-21(29)18-22/h5-7,18,23H,8-17,19-20H2,1-4H3/t23-/m0/s1. The largest absolute Gasteiger partial charge is 0.462 e. The van der Waals surface area contributed by atoms with Gasteiger partial charge in [-0.25, -0.2) is 0 Å². The van der Waals surface area contributed by atoms with Crippen molar-refractivity contribution in [1.82, 2.24) is 14.7 Å². The van der Waals surface area contributed by atoms with Crippen LogP contribution in [-0.2, 0) is 19.1 Å². The number of esters is 1. The van der Waals surface area contributed by atoms with Gasteiger partial charge < -0.3 is 19.4 Å². The molecule has 9 heteroatoms. The van der Waals surface area contributed by atoms with Gasteiger partial charge in [-0.2, -0.15) is 0 Å². The number of piperazine rings is 1. The number of rotatable bonds is 6. The zero-order chi connectivity index (χ0) is 26.8. The van der Waals surface area contributed by atoms with Gasteiger partial charge in [-0.15, -0.1) is 0 Å². The molecule has 4 rings (SSSR count). The number of amides is 2. The van der Waals surface area contributed by atoms with Gasteiger partial charge in [0, 0.05) is 75.4 Å². The van der Waals surface area contributed by atoms with Crippen molar-refractivity contribution in [2.24, 2.45) is 10.8 Å². The summed E-state index contributed by atoms with van der Waals surface area (Å²) in [5, 5.41) is 0.759. The predicted octanol–water partition coefficient (Wildman–Crippen LogP) is 3.28. The van der Waals surface area contributed by atoms with Crippen LogP contribution >= 0.6 is 11.6 Å². The summed E-state index contributed by atoms with van der Waals surface area (Å²) < 4.78 is 5.83. The molecule has 0 radical (unpaired) electrons. The number of hydrogen-bond acceptors (Lipinski definition) is 6. The second-order valence-corrected chi connectivity index (χ2v) is 12.3. The molecule has 37 heavy (non-hydrogen) atoms. The number of likely N-dealkylation sites (N-methyl/N-ethyl adjacent to an activating group) is 1. The molecule has 0 saturated carbocycles. The Kier molecular flexibility index (Phi) is 8.38. The highest BCUT2D eigenvalue weighted by Gasteiger charge is 2.50. The van der Waals surface area contributed by atoms with Gasteiger partial charge in [0.2, 0.25) is 11.8 Å². The second kappa shape index (κ2) is 11.2. The van der Waals surface area contributed by atoms with Crippen LogP contribution in [0.5, 0.6) is 0 Å². The van der Waals surface area contributed by atoms with Crippen molar-refractivity contribution in [1.29, 1.82) is 0 Å². The van der Waals surface area contributed by atoms with E-state index in [9.17, 15) is 14.4 Å². The number of carbonyl (C=O) groups excluding carboxylic acids is 3. The van der Waals surface area contributed by atoms with E-state index >= 15 is 0 Å². The van der Waals surface area contributed by atoms with Crippen LogP contribution in [-0.4, -0.2) is 98.0 Å². The van der Waals surface area contributed by atoms with Gasteiger partial charge >= 0.3 is 5.97 Å². The fourth-order valence-corrected chi connectivity index (χ4v) is 5.95. The van der Waals surface area contributed by atoms with Gasteiger partial charge in [0.15, 0.2) is 0 Å². The molecule has 2 amide bonds. The summed E-state index contributed by atoms with van der Waals surface area (Å²) in [6, 6.07) is 7.99. The summed E-state index contributed by atoms with van der Waals surface area (Å²) in [6.45, 7) is 11.5. The highest BCUT2D eigenvalue weighted by atomic mass is 35.5. The Labute approximate surface area is 225 Å². The maximum atomic E-state index is 12.9. The lowest BCUT2D eigenvalue weighted by Gasteiger charge is -2.37. The van der Waals surface area contributed by atoms with Crippen molar-refractivity contribution in [2.75, 3.05) is 64.3 Å². The van der Waals surface area contributed by atoms with Crippen molar-refractivity contribution in [3.63, 3.8) is 0 Å². The Bertz CT molecular complexity index is 994. The molecule has 1 spiro atoms. The molecule has 0 N–H and O–H groups in total. The number of piperidine rings is 1. The molecule has 1 aromatic rings. The number of carbonyl (C=O) groups is 3. The number of benzene rings is 1. The Morgan fingerprint density at radius 3 is 2.41 bits per heavy atom. The number of halogens is 1. The number of hydrogen-bond donors (Lipinski definition) is 0. The summed E-state index contributed by atoms with van der Waals surface area (Å²) in [5.74, 6) is -0.215. The van der Waals surface area contributed by atoms with Crippen molar-refractivity contribution in [3.8, 4) is 0 Å². The van der Waals surface area contributed by atoms with E-state index in [-0.39, 0.29) is 30.4 Å². The number of nitrogens with zero attached hydrogens (tertiary/aromatic N) is 4. The number of anilines is 1. The molecule has 3 saturated heterocycles. The number of ether oxygens (including phenoxy) is 1. The van der Waals surface area contributed by atoms with E-state index in [1.165, 1.54) is 4.90 Å². The quantitative estimate of drug-likeness (QED) is 0.524. The Morgan fingerprint density at radius 1 is 1.11 bits per heavy atom. The van der Waals surface area contributed by atoms with Crippen LogP contribution in [0, 0.1) is 10.8 Å². The molecule has 3 aliphatic rings. The molecule has 0 bridgehead atoms. The summed E-state index contributed by atoms with van der Waals surface area (Å²) in [5.41, 5.74) is 0.170. The molecule has 204 valence electrons. The highest BCUT2D eigenvalue weighted by molar-refractivity contribution is 6.30. The molecular weight excluding hydrogens is 492 g/mol. The second-order valence-electron chi connectivity index (χ2n) is 11.9. The van der Waals surface area contributed by atoms with Crippen molar-refractivity contribution < 1.29 is 19.1 Å². The van der Waals surface area contributed by atoms with E-state index in [0.29, 0.717) is 25.9 Å². The molecule has 1 atom stereocenters. The first-order valence-corrected chi connectivity index (χ1v) is 13.8. The average molecular weight is 533 g/mol. The van der Waals surface area contributed by atoms with E-state index < -0.39 is 10.8 Å². The SMILES string of the molecule is CN(CC(=O)N1CCC2(CC1)C[C@H](CCN1CCN(c3cccc(Cl)c3)CC1)OC2=O)C(=O)C(C)(C)C. The minimum Gasteiger partial charge on any atom is -0.462 e. The molecular formula is C28H41ClN4O4. The van der Waals surface area contributed by atoms with E-state index in [2.05, 4.69) is 15.9 Å². The average Bonchev–Trinajstić information content (AvgIpc) is 3.16. The lowest BCUT2D eigenvalue weighted by Crippen LogP contribution is -2.49. The van der Waals surface area contributed by atoms with Crippen LogP contribution in [0.4, 0.5) is 5.69 Å². The van der Waals surface area contributed by atoms with Crippen molar-refractivity contribution >= 4 is 35.1 Å². The fraction of sp³-hybridized carbons (Fsp3) is 0.679. The van der Waals surface area contributed by atoms with E-state index in [4.69, 9.17) is 16.3 Å². The third kappa shape index (κ3) is 6.58. The van der Waals surface area contributed by atoms with Crippen LogP contribution < -0.4 is 4.90 Å². The summed E-state index contributed by atoms with van der Waals surface area (Å²) in [4.78, 5) is 46.2. The minimum atomic E-state index is -0.520. The summed E-state index contributed by atoms with van der Waals surface area (Å²) in [7, 11) is 1.67.